The van der Waals surface area contributed by atoms with Crippen molar-refractivity contribution >= 4 is 5.69 Å². The summed E-state index contributed by atoms with van der Waals surface area (Å²) in [6, 6.07) is 1.76. The van der Waals surface area contributed by atoms with Crippen LogP contribution in [0.3, 0.4) is 0 Å². The van der Waals surface area contributed by atoms with Crippen LogP contribution in [0, 0.1) is 11.6 Å². The van der Waals surface area contributed by atoms with Crippen LogP contribution in [0.25, 0.3) is 0 Å². The van der Waals surface area contributed by atoms with E-state index in [9.17, 15) is 8.78 Å². The molecule has 1 aromatic carbocycles. The number of methoxy groups -OCH3 is 1. The van der Waals surface area contributed by atoms with Crippen LogP contribution in [-0.4, -0.2) is 7.11 Å². The summed E-state index contributed by atoms with van der Waals surface area (Å²) in [5.74, 6) is 3.53. The minimum Gasteiger partial charge on any atom is -0.494 e. The molecule has 3 nitrogen and oxygen atoms in total. The standard InChI is InChI=1S/C7H8F2N2O/c1-12-6-3-4(8)2-5(9)7(6)11-10/h2-3,11H,10H2,1H3. The maximum atomic E-state index is 12.8. The molecule has 0 atom stereocenters. The summed E-state index contributed by atoms with van der Waals surface area (Å²) in [6.07, 6.45) is 0. The van der Waals surface area contributed by atoms with E-state index in [0.29, 0.717) is 0 Å². The first-order valence-electron chi connectivity index (χ1n) is 3.18. The van der Waals surface area contributed by atoms with Crippen molar-refractivity contribution in [1.29, 1.82) is 0 Å². The minimum absolute atomic E-state index is 0.0370. The van der Waals surface area contributed by atoms with E-state index in [1.165, 1.54) is 7.11 Å². The Bertz CT molecular complexity index is 291. The van der Waals surface area contributed by atoms with Gasteiger partial charge in [-0.15, -0.1) is 0 Å². The lowest BCUT2D eigenvalue weighted by atomic mass is 10.3. The fraction of sp³-hybridized carbons (Fsp3) is 0.143. The molecule has 0 aromatic heterocycles. The smallest absolute Gasteiger partial charge is 0.154 e. The van der Waals surface area contributed by atoms with Gasteiger partial charge in [-0.3, -0.25) is 5.84 Å². The molecule has 0 saturated heterocycles. The molecule has 3 N–H and O–H groups in total. The van der Waals surface area contributed by atoms with Crippen LogP contribution in [-0.2, 0) is 0 Å². The van der Waals surface area contributed by atoms with Gasteiger partial charge in [0.05, 0.1) is 7.11 Å². The first-order valence-corrected chi connectivity index (χ1v) is 3.18. The maximum absolute atomic E-state index is 12.8. The van der Waals surface area contributed by atoms with E-state index < -0.39 is 11.6 Å². The molecule has 0 heterocycles. The van der Waals surface area contributed by atoms with Gasteiger partial charge in [0.15, 0.2) is 5.82 Å². The molecule has 0 fully saturated rings. The predicted molar refractivity (Wildman–Crippen MR) is 40.7 cm³/mol. The molecule has 0 amide bonds. The number of nitrogens with one attached hydrogen (secondary N) is 1. The van der Waals surface area contributed by atoms with Gasteiger partial charge >= 0.3 is 0 Å². The van der Waals surface area contributed by atoms with Crippen LogP contribution in [0.5, 0.6) is 5.75 Å². The van der Waals surface area contributed by atoms with E-state index in [1.807, 2.05) is 0 Å². The van der Waals surface area contributed by atoms with Crippen molar-refractivity contribution in [2.45, 2.75) is 0 Å². The summed E-state index contributed by atoms with van der Waals surface area (Å²) in [5.41, 5.74) is 2.02. The van der Waals surface area contributed by atoms with Gasteiger partial charge in [-0.2, -0.15) is 0 Å². The van der Waals surface area contributed by atoms with Crippen molar-refractivity contribution < 1.29 is 13.5 Å². The topological polar surface area (TPSA) is 47.3 Å². The molecule has 66 valence electrons. The summed E-state index contributed by atoms with van der Waals surface area (Å²) in [6.45, 7) is 0. The Labute approximate surface area is 68.1 Å². The van der Waals surface area contributed by atoms with E-state index >= 15 is 0 Å². The van der Waals surface area contributed by atoms with E-state index in [4.69, 9.17) is 5.84 Å². The lowest BCUT2D eigenvalue weighted by Gasteiger charge is -2.07. The molecule has 0 unspecified atom stereocenters. The first kappa shape index (κ1) is 8.73. The van der Waals surface area contributed by atoms with Gasteiger partial charge in [0, 0.05) is 12.1 Å². The highest BCUT2D eigenvalue weighted by Gasteiger charge is 2.09. The number of anilines is 1. The normalized spacial score (nSPS) is 9.67. The van der Waals surface area contributed by atoms with Gasteiger partial charge in [-0.1, -0.05) is 0 Å². The Morgan fingerprint density at radius 3 is 2.58 bits per heavy atom. The summed E-state index contributed by atoms with van der Waals surface area (Å²) in [4.78, 5) is 0. The predicted octanol–water partition coefficient (Wildman–Crippen LogP) is 1.26. The Balaban J connectivity index is 3.24. The summed E-state index contributed by atoms with van der Waals surface area (Å²) < 4.78 is 30.1. The Hall–Kier alpha value is -1.36. The average molecular weight is 174 g/mol. The van der Waals surface area contributed by atoms with E-state index in [2.05, 4.69) is 10.2 Å². The molecule has 1 rings (SSSR count). The van der Waals surface area contributed by atoms with Crippen molar-refractivity contribution in [3.05, 3.63) is 23.8 Å². The third-order valence-electron chi connectivity index (χ3n) is 1.38. The number of hydrogen-bond donors (Lipinski definition) is 2. The summed E-state index contributed by atoms with van der Waals surface area (Å²) in [7, 11) is 1.30. The second-order valence-electron chi connectivity index (χ2n) is 2.11. The minimum atomic E-state index is -0.783. The van der Waals surface area contributed by atoms with Crippen molar-refractivity contribution in [2.75, 3.05) is 12.5 Å². The van der Waals surface area contributed by atoms with Gasteiger partial charge in [-0.25, -0.2) is 8.78 Å². The summed E-state index contributed by atoms with van der Waals surface area (Å²) >= 11 is 0. The largest absolute Gasteiger partial charge is 0.494 e. The molecule has 0 aliphatic heterocycles. The van der Waals surface area contributed by atoms with Crippen molar-refractivity contribution in [3.8, 4) is 5.75 Å². The molecule has 0 radical (unpaired) electrons. The number of hydrogen-bond acceptors (Lipinski definition) is 3. The molecule has 1 aromatic rings. The van der Waals surface area contributed by atoms with Crippen LogP contribution >= 0.6 is 0 Å². The number of nitrogen functional groups attached to an aromatic ring is 1. The highest BCUT2D eigenvalue weighted by molar-refractivity contribution is 5.56. The zero-order valence-corrected chi connectivity index (χ0v) is 6.40. The molecular formula is C7H8F2N2O. The quantitative estimate of drug-likeness (QED) is 0.524. The SMILES string of the molecule is COc1cc(F)cc(F)c1NN. The van der Waals surface area contributed by atoms with Crippen molar-refractivity contribution in [1.82, 2.24) is 0 Å². The third-order valence-corrected chi connectivity index (χ3v) is 1.38. The molecule has 5 heteroatoms. The number of rotatable bonds is 2. The van der Waals surface area contributed by atoms with Crippen LogP contribution in [0.4, 0.5) is 14.5 Å². The molecule has 0 saturated carbocycles. The Morgan fingerprint density at radius 2 is 2.08 bits per heavy atom. The number of benzene rings is 1. The van der Waals surface area contributed by atoms with Gasteiger partial charge in [0.1, 0.15) is 17.3 Å². The van der Waals surface area contributed by atoms with Gasteiger partial charge in [-0.05, 0) is 0 Å². The molecule has 0 bridgehead atoms. The molecule has 0 spiro atoms. The molecular weight excluding hydrogens is 166 g/mol. The zero-order chi connectivity index (χ0) is 9.14. The highest BCUT2D eigenvalue weighted by atomic mass is 19.1. The average Bonchev–Trinajstić information content (AvgIpc) is 2.03. The first-order chi connectivity index (χ1) is 5.69. The zero-order valence-electron chi connectivity index (χ0n) is 6.40. The van der Waals surface area contributed by atoms with E-state index in [0.717, 1.165) is 12.1 Å². The van der Waals surface area contributed by atoms with Crippen LogP contribution in [0.1, 0.15) is 0 Å². The monoisotopic (exact) mass is 174 g/mol. The van der Waals surface area contributed by atoms with Gasteiger partial charge in [0.2, 0.25) is 0 Å². The van der Waals surface area contributed by atoms with Gasteiger partial charge < -0.3 is 10.2 Å². The van der Waals surface area contributed by atoms with Crippen molar-refractivity contribution in [2.24, 2.45) is 5.84 Å². The second kappa shape index (κ2) is 3.36. The maximum Gasteiger partial charge on any atom is 0.154 e. The second-order valence-corrected chi connectivity index (χ2v) is 2.11. The molecule has 0 aliphatic rings. The fourth-order valence-corrected chi connectivity index (χ4v) is 0.851. The fourth-order valence-electron chi connectivity index (χ4n) is 0.851. The Morgan fingerprint density at radius 1 is 1.42 bits per heavy atom. The number of nitrogens with two attached hydrogens (primary N) is 1. The Kier molecular flexibility index (Phi) is 2.44. The third kappa shape index (κ3) is 1.45. The van der Waals surface area contributed by atoms with Gasteiger partial charge in [0.25, 0.3) is 0 Å². The molecule has 0 aliphatic carbocycles. The van der Waals surface area contributed by atoms with E-state index in [1.54, 1.807) is 0 Å². The highest BCUT2D eigenvalue weighted by Crippen LogP contribution is 2.27. The molecule has 12 heavy (non-hydrogen) atoms. The number of halogens is 2. The summed E-state index contributed by atoms with van der Waals surface area (Å²) in [5, 5.41) is 0. The van der Waals surface area contributed by atoms with Crippen LogP contribution < -0.4 is 16.0 Å². The lowest BCUT2D eigenvalue weighted by Crippen LogP contribution is -2.10. The van der Waals surface area contributed by atoms with Crippen LogP contribution in [0.2, 0.25) is 0 Å². The van der Waals surface area contributed by atoms with Crippen LogP contribution in [0.15, 0.2) is 12.1 Å². The van der Waals surface area contributed by atoms with Crippen molar-refractivity contribution in [3.63, 3.8) is 0 Å². The lowest BCUT2D eigenvalue weighted by molar-refractivity contribution is 0.409. The van der Waals surface area contributed by atoms with E-state index in [-0.39, 0.29) is 11.4 Å². The number of hydrazine groups is 1. The number of ether oxygens (including phenoxy) is 1.